The lowest BCUT2D eigenvalue weighted by atomic mass is 10.2. The Labute approximate surface area is 154 Å². The summed E-state index contributed by atoms with van der Waals surface area (Å²) in [6.07, 6.45) is 3.99. The number of nitrogens with one attached hydrogen (secondary N) is 1. The summed E-state index contributed by atoms with van der Waals surface area (Å²) in [4.78, 5) is 28.7. The second-order valence-corrected chi connectivity index (χ2v) is 6.82. The van der Waals surface area contributed by atoms with Gasteiger partial charge in [-0.15, -0.1) is 12.4 Å². The van der Waals surface area contributed by atoms with E-state index >= 15 is 0 Å². The molecule has 1 aromatic heterocycles. The molecular weight excluding hydrogens is 396 g/mol. The minimum absolute atomic E-state index is 0. The molecule has 3 N–H and O–H groups in total. The SMILES string of the molecule is Cl.NCC(NC(=O)CCn1cnc2ccc(Br)cc2c1=O)C1CC1. The minimum atomic E-state index is -0.137. The number of hydrogen-bond acceptors (Lipinski definition) is 4. The number of amides is 1. The molecule has 3 rings (SSSR count). The van der Waals surface area contributed by atoms with Gasteiger partial charge >= 0.3 is 0 Å². The maximum Gasteiger partial charge on any atom is 0.261 e. The van der Waals surface area contributed by atoms with Crippen LogP contribution >= 0.6 is 28.3 Å². The third kappa shape index (κ3) is 4.34. The number of carbonyl (C=O) groups excluding carboxylic acids is 1. The van der Waals surface area contributed by atoms with E-state index in [1.54, 1.807) is 12.1 Å². The highest BCUT2D eigenvalue weighted by Gasteiger charge is 2.31. The molecule has 0 aliphatic heterocycles. The van der Waals surface area contributed by atoms with E-state index in [0.717, 1.165) is 17.3 Å². The number of nitrogens with two attached hydrogens (primary N) is 1. The molecule has 0 saturated heterocycles. The molecule has 24 heavy (non-hydrogen) atoms. The first-order valence-electron chi connectivity index (χ1n) is 7.72. The third-order valence-corrected chi connectivity index (χ3v) is 4.65. The second-order valence-electron chi connectivity index (χ2n) is 5.90. The number of rotatable bonds is 6. The van der Waals surface area contributed by atoms with Crippen molar-refractivity contribution in [1.29, 1.82) is 0 Å². The van der Waals surface area contributed by atoms with Crippen molar-refractivity contribution in [3.8, 4) is 0 Å². The highest BCUT2D eigenvalue weighted by molar-refractivity contribution is 9.10. The van der Waals surface area contributed by atoms with Crippen LogP contribution in [0.1, 0.15) is 19.3 Å². The van der Waals surface area contributed by atoms with E-state index in [2.05, 4.69) is 26.2 Å². The fourth-order valence-electron chi connectivity index (χ4n) is 2.66. The predicted molar refractivity (Wildman–Crippen MR) is 99.3 cm³/mol. The zero-order chi connectivity index (χ0) is 16.4. The van der Waals surface area contributed by atoms with Gasteiger partial charge in [0.25, 0.3) is 5.56 Å². The summed E-state index contributed by atoms with van der Waals surface area (Å²) < 4.78 is 2.30. The van der Waals surface area contributed by atoms with Gasteiger partial charge in [0.15, 0.2) is 0 Å². The molecule has 1 fully saturated rings. The molecule has 6 nitrogen and oxygen atoms in total. The molecule has 1 unspecified atom stereocenters. The molecule has 0 radical (unpaired) electrons. The van der Waals surface area contributed by atoms with Crippen molar-refractivity contribution in [2.45, 2.75) is 31.8 Å². The Morgan fingerprint density at radius 1 is 1.46 bits per heavy atom. The Kier molecular flexibility index (Phi) is 6.37. The van der Waals surface area contributed by atoms with Crippen LogP contribution in [0.15, 0.2) is 33.8 Å². The smallest absolute Gasteiger partial charge is 0.261 e. The van der Waals surface area contributed by atoms with Crippen molar-refractivity contribution in [3.63, 3.8) is 0 Å². The standard InChI is InChI=1S/C16H19BrN4O2.ClH/c17-11-3-4-13-12(7-11)16(23)21(9-19-13)6-5-15(22)20-14(8-18)10-1-2-10;/h3-4,7,9-10,14H,1-2,5-6,8,18H2,(H,20,22);1H. The number of aryl methyl sites for hydroxylation is 1. The van der Waals surface area contributed by atoms with Gasteiger partial charge in [0.05, 0.1) is 17.2 Å². The molecule has 1 atom stereocenters. The molecule has 1 aliphatic rings. The van der Waals surface area contributed by atoms with Gasteiger partial charge in [-0.05, 0) is 37.0 Å². The van der Waals surface area contributed by atoms with Crippen LogP contribution in [0.3, 0.4) is 0 Å². The number of halogens is 2. The van der Waals surface area contributed by atoms with Crippen LogP contribution in [0, 0.1) is 5.92 Å². The molecule has 1 amide bonds. The summed E-state index contributed by atoms with van der Waals surface area (Å²) in [6.45, 7) is 0.768. The monoisotopic (exact) mass is 414 g/mol. The van der Waals surface area contributed by atoms with E-state index in [-0.39, 0.29) is 36.3 Å². The molecule has 1 aliphatic carbocycles. The average molecular weight is 416 g/mol. The predicted octanol–water partition coefficient (Wildman–Crippen LogP) is 1.82. The highest BCUT2D eigenvalue weighted by atomic mass is 79.9. The van der Waals surface area contributed by atoms with Crippen LogP contribution in [0.5, 0.6) is 0 Å². The van der Waals surface area contributed by atoms with Crippen molar-refractivity contribution in [1.82, 2.24) is 14.9 Å². The molecule has 1 heterocycles. The van der Waals surface area contributed by atoms with Gasteiger partial charge in [-0.1, -0.05) is 15.9 Å². The first kappa shape index (κ1) is 18.9. The van der Waals surface area contributed by atoms with Crippen LogP contribution in [0.2, 0.25) is 0 Å². The van der Waals surface area contributed by atoms with Crippen LogP contribution < -0.4 is 16.6 Å². The summed E-state index contributed by atoms with van der Waals surface area (Å²) >= 11 is 3.36. The van der Waals surface area contributed by atoms with Gasteiger partial charge in [-0.3, -0.25) is 14.2 Å². The lowest BCUT2D eigenvalue weighted by Gasteiger charge is -2.16. The fourth-order valence-corrected chi connectivity index (χ4v) is 3.02. The zero-order valence-electron chi connectivity index (χ0n) is 13.1. The molecule has 1 aromatic carbocycles. The molecule has 0 spiro atoms. The number of aromatic nitrogens is 2. The molecule has 130 valence electrons. The first-order chi connectivity index (χ1) is 11.1. The summed E-state index contributed by atoms with van der Waals surface area (Å²) in [5, 5.41) is 3.50. The van der Waals surface area contributed by atoms with Crippen molar-refractivity contribution in [3.05, 3.63) is 39.4 Å². The molecule has 0 bridgehead atoms. The van der Waals surface area contributed by atoms with Gasteiger partial charge in [0.1, 0.15) is 0 Å². The fraction of sp³-hybridized carbons (Fsp3) is 0.438. The Hall–Kier alpha value is -1.44. The molecule has 8 heteroatoms. The van der Waals surface area contributed by atoms with Gasteiger partial charge in [0, 0.05) is 30.0 Å². The number of hydrogen-bond donors (Lipinski definition) is 2. The van der Waals surface area contributed by atoms with Gasteiger partial charge < -0.3 is 11.1 Å². The normalized spacial score (nSPS) is 14.9. The number of benzene rings is 1. The van der Waals surface area contributed by atoms with Gasteiger partial charge in [-0.2, -0.15) is 0 Å². The minimum Gasteiger partial charge on any atom is -0.352 e. The Morgan fingerprint density at radius 3 is 2.88 bits per heavy atom. The Balaban J connectivity index is 0.00000208. The van der Waals surface area contributed by atoms with E-state index < -0.39 is 0 Å². The number of fused-ring (bicyclic) bond motifs is 1. The van der Waals surface area contributed by atoms with E-state index in [1.165, 1.54) is 10.9 Å². The van der Waals surface area contributed by atoms with Crippen LogP contribution in [-0.2, 0) is 11.3 Å². The quantitative estimate of drug-likeness (QED) is 0.753. The van der Waals surface area contributed by atoms with Crippen molar-refractivity contribution in [2.75, 3.05) is 6.54 Å². The zero-order valence-corrected chi connectivity index (χ0v) is 15.5. The number of nitrogens with zero attached hydrogens (tertiary/aromatic N) is 2. The second kappa shape index (κ2) is 8.09. The van der Waals surface area contributed by atoms with Gasteiger partial charge in [0.2, 0.25) is 5.91 Å². The Bertz CT molecular complexity index is 791. The summed E-state index contributed by atoms with van der Waals surface area (Å²) in [6, 6.07) is 5.44. The first-order valence-corrected chi connectivity index (χ1v) is 8.52. The van der Waals surface area contributed by atoms with Gasteiger partial charge in [-0.25, -0.2) is 4.98 Å². The molecule has 1 saturated carbocycles. The average Bonchev–Trinajstić information content (AvgIpc) is 3.37. The summed E-state index contributed by atoms with van der Waals surface area (Å²) in [5.74, 6) is 0.444. The van der Waals surface area contributed by atoms with Crippen LogP contribution in [0.4, 0.5) is 0 Å². The summed E-state index contributed by atoms with van der Waals surface area (Å²) in [5.41, 5.74) is 6.20. The third-order valence-electron chi connectivity index (χ3n) is 4.16. The maximum atomic E-state index is 12.4. The number of carbonyl (C=O) groups is 1. The van der Waals surface area contributed by atoms with Crippen LogP contribution in [0.25, 0.3) is 10.9 Å². The largest absolute Gasteiger partial charge is 0.352 e. The van der Waals surface area contributed by atoms with Crippen molar-refractivity contribution >= 4 is 45.1 Å². The summed E-state index contributed by atoms with van der Waals surface area (Å²) in [7, 11) is 0. The van der Waals surface area contributed by atoms with E-state index in [4.69, 9.17) is 5.73 Å². The van der Waals surface area contributed by atoms with E-state index in [9.17, 15) is 9.59 Å². The van der Waals surface area contributed by atoms with Crippen molar-refractivity contribution in [2.24, 2.45) is 11.7 Å². The van der Waals surface area contributed by atoms with Crippen LogP contribution in [-0.4, -0.2) is 28.0 Å². The highest BCUT2D eigenvalue weighted by Crippen LogP contribution is 2.32. The lowest BCUT2D eigenvalue weighted by Crippen LogP contribution is -2.42. The molecule has 2 aromatic rings. The lowest BCUT2D eigenvalue weighted by molar-refractivity contribution is -0.122. The van der Waals surface area contributed by atoms with E-state index in [0.29, 0.717) is 29.9 Å². The van der Waals surface area contributed by atoms with Crippen molar-refractivity contribution < 1.29 is 4.79 Å². The molecular formula is C16H20BrClN4O2. The Morgan fingerprint density at radius 2 is 2.21 bits per heavy atom. The maximum absolute atomic E-state index is 12.4. The topological polar surface area (TPSA) is 90.0 Å². The van der Waals surface area contributed by atoms with E-state index in [1.807, 2.05) is 6.07 Å².